The predicted molar refractivity (Wildman–Crippen MR) is 72.6 cm³/mol. The van der Waals surface area contributed by atoms with E-state index < -0.39 is 0 Å². The number of amides is 2. The van der Waals surface area contributed by atoms with Gasteiger partial charge in [-0.3, -0.25) is 0 Å². The first-order valence-corrected chi connectivity index (χ1v) is 6.36. The quantitative estimate of drug-likeness (QED) is 0.853. The Kier molecular flexibility index (Phi) is 3.57. The molecule has 18 heavy (non-hydrogen) atoms. The smallest absolute Gasteiger partial charge is 0.318 e. The van der Waals surface area contributed by atoms with Crippen molar-refractivity contribution in [3.63, 3.8) is 0 Å². The Hall–Kier alpha value is -1.55. The lowest BCUT2D eigenvalue weighted by Crippen LogP contribution is -2.32. The number of hydrogen-bond acceptors (Lipinski definition) is 2. The monoisotopic (exact) mass is 247 g/mol. The molecule has 0 aliphatic carbocycles. The van der Waals surface area contributed by atoms with Crippen LogP contribution >= 0.6 is 0 Å². The summed E-state index contributed by atoms with van der Waals surface area (Å²) in [6.45, 7) is 8.14. The summed E-state index contributed by atoms with van der Waals surface area (Å²) in [4.78, 5) is 13.5. The van der Waals surface area contributed by atoms with Crippen molar-refractivity contribution in [2.75, 3.05) is 19.6 Å². The normalized spacial score (nSPS) is 19.2. The molecule has 1 aromatic rings. The Morgan fingerprint density at radius 2 is 1.94 bits per heavy atom. The van der Waals surface area contributed by atoms with Crippen molar-refractivity contribution in [2.24, 2.45) is 5.73 Å². The van der Waals surface area contributed by atoms with Gasteiger partial charge >= 0.3 is 6.03 Å². The molecule has 98 valence electrons. The summed E-state index contributed by atoms with van der Waals surface area (Å²) in [6.07, 6.45) is 0. The molecule has 3 N–H and O–H groups in total. The average molecular weight is 247 g/mol. The van der Waals surface area contributed by atoms with E-state index in [1.54, 1.807) is 4.90 Å². The van der Waals surface area contributed by atoms with Crippen molar-refractivity contribution in [2.45, 2.75) is 26.8 Å². The van der Waals surface area contributed by atoms with Gasteiger partial charge in [0.2, 0.25) is 0 Å². The van der Waals surface area contributed by atoms with Crippen LogP contribution in [0, 0.1) is 20.8 Å². The molecular weight excluding hydrogens is 226 g/mol. The zero-order valence-electron chi connectivity index (χ0n) is 11.3. The van der Waals surface area contributed by atoms with E-state index >= 15 is 0 Å². The van der Waals surface area contributed by atoms with Crippen LogP contribution in [-0.2, 0) is 0 Å². The predicted octanol–water partition coefficient (Wildman–Crippen LogP) is 1.64. The number of carbonyl (C=O) groups excluding carboxylic acids is 1. The molecule has 1 heterocycles. The van der Waals surface area contributed by atoms with Gasteiger partial charge in [0, 0.05) is 19.6 Å². The maximum absolute atomic E-state index is 11.8. The first-order chi connectivity index (χ1) is 8.52. The van der Waals surface area contributed by atoms with Gasteiger partial charge in [-0.25, -0.2) is 4.79 Å². The molecule has 0 radical (unpaired) electrons. The summed E-state index contributed by atoms with van der Waals surface area (Å²) in [5.74, 6) is 0. The molecule has 1 unspecified atom stereocenters. The van der Waals surface area contributed by atoms with E-state index in [-0.39, 0.29) is 12.1 Å². The second kappa shape index (κ2) is 4.98. The molecule has 2 rings (SSSR count). The number of urea groups is 1. The van der Waals surface area contributed by atoms with E-state index in [0.717, 1.165) is 0 Å². The van der Waals surface area contributed by atoms with Crippen LogP contribution < -0.4 is 11.1 Å². The number of nitrogens with two attached hydrogens (primary N) is 1. The van der Waals surface area contributed by atoms with Gasteiger partial charge in [-0.1, -0.05) is 12.1 Å². The third-order valence-corrected chi connectivity index (χ3v) is 3.64. The van der Waals surface area contributed by atoms with Crippen molar-refractivity contribution in [3.05, 3.63) is 34.4 Å². The molecule has 0 aromatic heterocycles. The number of carbonyl (C=O) groups is 1. The molecule has 0 bridgehead atoms. The van der Waals surface area contributed by atoms with Crippen molar-refractivity contribution in [1.29, 1.82) is 0 Å². The lowest BCUT2D eigenvalue weighted by Gasteiger charge is -2.16. The molecule has 1 aromatic carbocycles. The molecular formula is C14H21N3O. The second-order valence-electron chi connectivity index (χ2n) is 5.03. The van der Waals surface area contributed by atoms with Crippen LogP contribution in [0.1, 0.15) is 28.3 Å². The number of aryl methyl sites for hydroxylation is 3. The Labute approximate surface area is 108 Å². The Balaban J connectivity index is 2.23. The van der Waals surface area contributed by atoms with Gasteiger partial charge in [0.15, 0.2) is 0 Å². The van der Waals surface area contributed by atoms with Crippen molar-refractivity contribution in [3.8, 4) is 0 Å². The van der Waals surface area contributed by atoms with Gasteiger partial charge in [0.05, 0.1) is 6.04 Å². The minimum absolute atomic E-state index is 0.0110. The lowest BCUT2D eigenvalue weighted by atomic mass is 9.96. The minimum atomic E-state index is -0.0110. The summed E-state index contributed by atoms with van der Waals surface area (Å²) < 4.78 is 0. The number of nitrogens with one attached hydrogen (secondary N) is 1. The molecule has 1 atom stereocenters. The first-order valence-electron chi connectivity index (χ1n) is 6.36. The van der Waals surface area contributed by atoms with Crippen LogP contribution in [0.25, 0.3) is 0 Å². The van der Waals surface area contributed by atoms with Gasteiger partial charge in [-0.15, -0.1) is 0 Å². The van der Waals surface area contributed by atoms with Gasteiger partial charge < -0.3 is 16.0 Å². The fourth-order valence-electron chi connectivity index (χ4n) is 2.47. The Morgan fingerprint density at radius 1 is 1.28 bits per heavy atom. The number of nitrogens with zero attached hydrogens (tertiary/aromatic N) is 1. The fourth-order valence-corrected chi connectivity index (χ4v) is 2.47. The second-order valence-corrected chi connectivity index (χ2v) is 5.03. The summed E-state index contributed by atoms with van der Waals surface area (Å²) in [5.41, 5.74) is 10.5. The van der Waals surface area contributed by atoms with Crippen LogP contribution in [0.4, 0.5) is 4.79 Å². The van der Waals surface area contributed by atoms with Gasteiger partial charge in [-0.05, 0) is 43.0 Å². The average Bonchev–Trinajstić information content (AvgIpc) is 2.66. The molecule has 1 saturated heterocycles. The molecule has 0 spiro atoms. The highest BCUT2D eigenvalue weighted by Gasteiger charge is 2.29. The molecule has 1 aliphatic heterocycles. The molecule has 4 heteroatoms. The highest BCUT2D eigenvalue weighted by molar-refractivity contribution is 5.77. The summed E-state index contributed by atoms with van der Waals surface area (Å²) in [7, 11) is 0. The van der Waals surface area contributed by atoms with Gasteiger partial charge in [-0.2, -0.15) is 0 Å². The van der Waals surface area contributed by atoms with Crippen molar-refractivity contribution >= 4 is 6.03 Å². The fraction of sp³-hybridized carbons (Fsp3) is 0.500. The van der Waals surface area contributed by atoms with Crippen LogP contribution in [0.2, 0.25) is 0 Å². The van der Waals surface area contributed by atoms with E-state index in [0.29, 0.717) is 19.6 Å². The third kappa shape index (κ3) is 2.34. The zero-order valence-corrected chi connectivity index (χ0v) is 11.3. The van der Waals surface area contributed by atoms with Crippen LogP contribution in [0.3, 0.4) is 0 Å². The van der Waals surface area contributed by atoms with Gasteiger partial charge in [0.1, 0.15) is 0 Å². The van der Waals surface area contributed by atoms with E-state index in [4.69, 9.17) is 5.73 Å². The van der Waals surface area contributed by atoms with E-state index in [9.17, 15) is 4.79 Å². The molecule has 0 saturated carbocycles. The van der Waals surface area contributed by atoms with Crippen LogP contribution in [0.15, 0.2) is 12.1 Å². The number of rotatable bonds is 3. The molecule has 1 aliphatic rings. The third-order valence-electron chi connectivity index (χ3n) is 3.64. The maximum atomic E-state index is 11.8. The maximum Gasteiger partial charge on any atom is 0.318 e. The Bertz CT molecular complexity index is 470. The summed E-state index contributed by atoms with van der Waals surface area (Å²) in [6, 6.07) is 4.44. The van der Waals surface area contributed by atoms with E-state index in [1.807, 2.05) is 0 Å². The zero-order chi connectivity index (χ0) is 13.3. The molecule has 1 fully saturated rings. The number of benzene rings is 1. The van der Waals surface area contributed by atoms with E-state index in [2.05, 4.69) is 38.2 Å². The topological polar surface area (TPSA) is 58.4 Å². The van der Waals surface area contributed by atoms with Crippen LogP contribution in [0.5, 0.6) is 0 Å². The summed E-state index contributed by atoms with van der Waals surface area (Å²) in [5, 5.41) is 3.02. The highest BCUT2D eigenvalue weighted by Crippen LogP contribution is 2.25. The van der Waals surface area contributed by atoms with Crippen molar-refractivity contribution < 1.29 is 4.79 Å². The number of hydrogen-bond donors (Lipinski definition) is 2. The largest absolute Gasteiger partial charge is 0.329 e. The lowest BCUT2D eigenvalue weighted by molar-refractivity contribution is 0.218. The van der Waals surface area contributed by atoms with Crippen molar-refractivity contribution in [1.82, 2.24) is 10.2 Å². The Morgan fingerprint density at radius 3 is 2.61 bits per heavy atom. The molecule has 4 nitrogen and oxygen atoms in total. The SMILES string of the molecule is Cc1cc(C)c(C2CN(CCN)C(=O)N2)cc1C. The minimum Gasteiger partial charge on any atom is -0.329 e. The van der Waals surface area contributed by atoms with E-state index in [1.165, 1.54) is 22.3 Å². The van der Waals surface area contributed by atoms with Crippen LogP contribution in [-0.4, -0.2) is 30.6 Å². The first kappa shape index (κ1) is 12.9. The molecule has 2 amide bonds. The van der Waals surface area contributed by atoms with Gasteiger partial charge in [0.25, 0.3) is 0 Å². The summed E-state index contributed by atoms with van der Waals surface area (Å²) >= 11 is 0. The standard InChI is InChI=1S/C14H21N3O/c1-9-6-11(3)12(7-10(9)2)13-8-17(5-4-15)14(18)16-13/h6-7,13H,4-5,8,15H2,1-3H3,(H,16,18). The highest BCUT2D eigenvalue weighted by atomic mass is 16.2.